The van der Waals surface area contributed by atoms with E-state index in [0.29, 0.717) is 12.1 Å². The number of rotatable bonds is 3. The molecular formula is C11H10N4S. The Kier molecular flexibility index (Phi) is 3.13. The van der Waals surface area contributed by atoms with Crippen molar-refractivity contribution >= 4 is 17.2 Å². The molecule has 0 unspecified atom stereocenters. The standard InChI is InChI=1S/C11H10N4S/c1-15(6-10-7-16-8-14-10)11-4-9(5-12)2-3-13-11/h2-4,7-8H,6H2,1H3. The van der Waals surface area contributed by atoms with E-state index in [-0.39, 0.29) is 0 Å². The van der Waals surface area contributed by atoms with E-state index in [1.54, 1.807) is 29.7 Å². The van der Waals surface area contributed by atoms with Crippen LogP contribution in [0.3, 0.4) is 0 Å². The number of hydrogen-bond acceptors (Lipinski definition) is 5. The molecule has 5 heteroatoms. The maximum absolute atomic E-state index is 8.79. The monoisotopic (exact) mass is 230 g/mol. The third-order valence-electron chi connectivity index (χ3n) is 2.15. The SMILES string of the molecule is CN(Cc1cscn1)c1cc(C#N)ccn1. The molecule has 16 heavy (non-hydrogen) atoms. The minimum absolute atomic E-state index is 0.620. The van der Waals surface area contributed by atoms with Crippen LogP contribution in [0.1, 0.15) is 11.3 Å². The number of pyridine rings is 1. The third kappa shape index (κ3) is 2.35. The van der Waals surface area contributed by atoms with Gasteiger partial charge >= 0.3 is 0 Å². The second-order valence-corrected chi connectivity index (χ2v) is 4.07. The van der Waals surface area contributed by atoms with Crippen LogP contribution in [0.5, 0.6) is 0 Å². The molecule has 0 radical (unpaired) electrons. The van der Waals surface area contributed by atoms with Crippen LogP contribution in [0, 0.1) is 11.3 Å². The summed E-state index contributed by atoms with van der Waals surface area (Å²) < 4.78 is 0. The molecule has 0 aliphatic carbocycles. The van der Waals surface area contributed by atoms with Gasteiger partial charge in [-0.05, 0) is 12.1 Å². The Bertz CT molecular complexity index is 501. The molecule has 0 bridgehead atoms. The van der Waals surface area contributed by atoms with Gasteiger partial charge < -0.3 is 4.90 Å². The molecule has 80 valence electrons. The first-order valence-electron chi connectivity index (χ1n) is 4.74. The summed E-state index contributed by atoms with van der Waals surface area (Å²) in [4.78, 5) is 10.4. The molecule has 0 spiro atoms. The fourth-order valence-corrected chi connectivity index (χ4v) is 1.89. The van der Waals surface area contributed by atoms with E-state index >= 15 is 0 Å². The average molecular weight is 230 g/mol. The molecule has 0 N–H and O–H groups in total. The largest absolute Gasteiger partial charge is 0.354 e. The molecule has 2 rings (SSSR count). The quantitative estimate of drug-likeness (QED) is 0.809. The Morgan fingerprint density at radius 2 is 2.38 bits per heavy atom. The van der Waals surface area contributed by atoms with Gasteiger partial charge in [0, 0.05) is 18.6 Å². The highest BCUT2D eigenvalue weighted by Gasteiger charge is 2.05. The second kappa shape index (κ2) is 4.73. The summed E-state index contributed by atoms with van der Waals surface area (Å²) in [5.74, 6) is 0.784. The van der Waals surface area contributed by atoms with Crippen LogP contribution in [-0.2, 0) is 6.54 Å². The molecule has 4 nitrogen and oxygen atoms in total. The molecule has 0 atom stereocenters. The summed E-state index contributed by atoms with van der Waals surface area (Å²) >= 11 is 1.57. The van der Waals surface area contributed by atoms with Crippen molar-refractivity contribution in [2.45, 2.75) is 6.54 Å². The number of aromatic nitrogens is 2. The van der Waals surface area contributed by atoms with Crippen LogP contribution < -0.4 is 4.90 Å². The van der Waals surface area contributed by atoms with Gasteiger partial charge in [0.2, 0.25) is 0 Å². The molecule has 0 amide bonds. The van der Waals surface area contributed by atoms with Crippen molar-refractivity contribution in [1.29, 1.82) is 5.26 Å². The lowest BCUT2D eigenvalue weighted by molar-refractivity contribution is 0.873. The van der Waals surface area contributed by atoms with Crippen molar-refractivity contribution < 1.29 is 0 Å². The molecule has 0 saturated heterocycles. The van der Waals surface area contributed by atoms with E-state index in [0.717, 1.165) is 11.5 Å². The Labute approximate surface area is 97.8 Å². The van der Waals surface area contributed by atoms with Gasteiger partial charge in [0.25, 0.3) is 0 Å². The number of anilines is 1. The maximum Gasteiger partial charge on any atom is 0.129 e. The minimum Gasteiger partial charge on any atom is -0.354 e. The molecule has 0 aliphatic rings. The summed E-state index contributed by atoms with van der Waals surface area (Å²) in [7, 11) is 1.93. The Balaban J connectivity index is 2.15. The first-order valence-corrected chi connectivity index (χ1v) is 5.68. The third-order valence-corrected chi connectivity index (χ3v) is 2.78. The highest BCUT2D eigenvalue weighted by molar-refractivity contribution is 7.07. The highest BCUT2D eigenvalue weighted by atomic mass is 32.1. The van der Waals surface area contributed by atoms with Gasteiger partial charge in [-0.25, -0.2) is 9.97 Å². The van der Waals surface area contributed by atoms with E-state index in [1.165, 1.54) is 0 Å². The Morgan fingerprint density at radius 3 is 3.06 bits per heavy atom. The van der Waals surface area contributed by atoms with Crippen LogP contribution >= 0.6 is 11.3 Å². The van der Waals surface area contributed by atoms with Gasteiger partial charge in [-0.2, -0.15) is 5.26 Å². The molecule has 0 aliphatic heterocycles. The van der Waals surface area contributed by atoms with Crippen LogP contribution in [-0.4, -0.2) is 17.0 Å². The molecule has 0 aromatic carbocycles. The lowest BCUT2D eigenvalue weighted by atomic mass is 10.3. The number of nitriles is 1. The molecular weight excluding hydrogens is 220 g/mol. The predicted molar refractivity (Wildman–Crippen MR) is 63.2 cm³/mol. The molecule has 0 saturated carbocycles. The first kappa shape index (κ1) is 10.6. The summed E-state index contributed by atoms with van der Waals surface area (Å²) in [6.07, 6.45) is 1.64. The molecule has 0 fully saturated rings. The summed E-state index contributed by atoms with van der Waals surface area (Å²) in [6, 6.07) is 5.57. The lowest BCUT2D eigenvalue weighted by Gasteiger charge is -2.16. The van der Waals surface area contributed by atoms with E-state index in [1.807, 2.05) is 22.8 Å². The van der Waals surface area contributed by atoms with E-state index in [2.05, 4.69) is 16.0 Å². The van der Waals surface area contributed by atoms with Gasteiger partial charge in [0.15, 0.2) is 0 Å². The van der Waals surface area contributed by atoms with Crippen LogP contribution in [0.2, 0.25) is 0 Å². The van der Waals surface area contributed by atoms with Crippen molar-refractivity contribution in [3.8, 4) is 6.07 Å². The predicted octanol–water partition coefficient (Wildman–Crippen LogP) is 2.05. The van der Waals surface area contributed by atoms with Crippen LogP contribution in [0.4, 0.5) is 5.82 Å². The smallest absolute Gasteiger partial charge is 0.129 e. The first-order chi connectivity index (χ1) is 7.79. The number of hydrogen-bond donors (Lipinski definition) is 0. The minimum atomic E-state index is 0.620. The fourth-order valence-electron chi connectivity index (χ4n) is 1.34. The second-order valence-electron chi connectivity index (χ2n) is 3.35. The number of nitrogens with zero attached hydrogens (tertiary/aromatic N) is 4. The van der Waals surface area contributed by atoms with E-state index in [9.17, 15) is 0 Å². The fraction of sp³-hybridized carbons (Fsp3) is 0.182. The highest BCUT2D eigenvalue weighted by Crippen LogP contribution is 2.13. The van der Waals surface area contributed by atoms with Crippen molar-refractivity contribution in [3.63, 3.8) is 0 Å². The molecule has 2 aromatic rings. The van der Waals surface area contributed by atoms with Gasteiger partial charge in [0.1, 0.15) is 5.82 Å². The zero-order valence-electron chi connectivity index (χ0n) is 8.79. The normalized spacial score (nSPS) is 9.75. The van der Waals surface area contributed by atoms with Gasteiger partial charge in [-0.15, -0.1) is 11.3 Å². The van der Waals surface area contributed by atoms with Gasteiger partial charge in [-0.1, -0.05) is 0 Å². The van der Waals surface area contributed by atoms with Crippen LogP contribution in [0.15, 0.2) is 29.2 Å². The Hall–Kier alpha value is -1.93. The summed E-state index contributed by atoms with van der Waals surface area (Å²) in [5.41, 5.74) is 3.44. The van der Waals surface area contributed by atoms with Crippen LogP contribution in [0.25, 0.3) is 0 Å². The molecule has 2 aromatic heterocycles. The van der Waals surface area contributed by atoms with E-state index in [4.69, 9.17) is 5.26 Å². The van der Waals surface area contributed by atoms with E-state index < -0.39 is 0 Å². The zero-order valence-corrected chi connectivity index (χ0v) is 9.61. The summed E-state index contributed by atoms with van der Waals surface area (Å²) in [6.45, 7) is 0.700. The van der Waals surface area contributed by atoms with Crippen molar-refractivity contribution in [2.24, 2.45) is 0 Å². The van der Waals surface area contributed by atoms with Crippen molar-refractivity contribution in [3.05, 3.63) is 40.5 Å². The topological polar surface area (TPSA) is 52.8 Å². The average Bonchev–Trinajstić information content (AvgIpc) is 2.82. The maximum atomic E-state index is 8.79. The van der Waals surface area contributed by atoms with Crippen molar-refractivity contribution in [1.82, 2.24) is 9.97 Å². The molecule has 2 heterocycles. The lowest BCUT2D eigenvalue weighted by Crippen LogP contribution is -2.17. The van der Waals surface area contributed by atoms with Gasteiger partial charge in [-0.3, -0.25) is 0 Å². The Morgan fingerprint density at radius 1 is 1.50 bits per heavy atom. The van der Waals surface area contributed by atoms with Crippen molar-refractivity contribution in [2.75, 3.05) is 11.9 Å². The summed E-state index contributed by atoms with van der Waals surface area (Å²) in [5, 5.41) is 10.8. The number of thiazole rings is 1. The van der Waals surface area contributed by atoms with Gasteiger partial charge in [0.05, 0.1) is 29.4 Å². The zero-order chi connectivity index (χ0) is 11.4.